The summed E-state index contributed by atoms with van der Waals surface area (Å²) in [7, 11) is 2.03. The van der Waals surface area contributed by atoms with Crippen molar-refractivity contribution in [1.29, 1.82) is 0 Å². The van der Waals surface area contributed by atoms with Crippen LogP contribution in [-0.2, 0) is 13.0 Å². The third-order valence-corrected chi connectivity index (χ3v) is 6.00. The van der Waals surface area contributed by atoms with Gasteiger partial charge in [-0.1, -0.05) is 42.5 Å². The number of halogens is 1. The minimum absolute atomic E-state index is 0.121. The molecule has 1 aliphatic rings. The predicted octanol–water partition coefficient (Wildman–Crippen LogP) is 4.95. The molecule has 1 aromatic heterocycles. The average molecular weight is 466 g/mol. The van der Waals surface area contributed by atoms with E-state index >= 15 is 0 Å². The molecule has 0 unspecified atom stereocenters. The zero-order valence-electron chi connectivity index (χ0n) is 17.1. The van der Waals surface area contributed by atoms with E-state index in [1.165, 1.54) is 0 Å². The largest absolute Gasteiger partial charge is 0.360 e. The van der Waals surface area contributed by atoms with E-state index in [0.29, 0.717) is 19.5 Å². The molecule has 0 saturated carbocycles. The van der Waals surface area contributed by atoms with Crippen molar-refractivity contribution in [3.63, 3.8) is 0 Å². The van der Waals surface area contributed by atoms with Gasteiger partial charge in [-0.25, -0.2) is 14.8 Å². The molecule has 2 heterocycles. The molecule has 1 N–H and O–H groups in total. The highest BCUT2D eigenvalue weighted by Gasteiger charge is 2.27. The van der Waals surface area contributed by atoms with Crippen LogP contribution in [0.5, 0.6) is 0 Å². The van der Waals surface area contributed by atoms with E-state index in [4.69, 9.17) is 9.97 Å². The van der Waals surface area contributed by atoms with Gasteiger partial charge in [0.15, 0.2) is 5.82 Å². The Bertz CT molecular complexity index is 1060. The Morgan fingerprint density at radius 2 is 1.87 bits per heavy atom. The SMILES string of the molecule is CCN(C)c1nc(-c2ccccc2)nc2c1CN(C(=O)Nc1ccccc1Br)CC2. The van der Waals surface area contributed by atoms with Gasteiger partial charge in [-0.15, -0.1) is 0 Å². The summed E-state index contributed by atoms with van der Waals surface area (Å²) in [5.74, 6) is 1.62. The zero-order valence-corrected chi connectivity index (χ0v) is 18.7. The Hall–Kier alpha value is -2.93. The molecule has 0 saturated heterocycles. The van der Waals surface area contributed by atoms with Crippen LogP contribution >= 0.6 is 15.9 Å². The Kier molecular flexibility index (Phi) is 5.99. The number of para-hydroxylation sites is 1. The minimum Gasteiger partial charge on any atom is -0.360 e. The van der Waals surface area contributed by atoms with Crippen molar-refractivity contribution in [3.05, 3.63) is 70.3 Å². The molecule has 30 heavy (non-hydrogen) atoms. The van der Waals surface area contributed by atoms with Gasteiger partial charge in [-0.3, -0.25) is 0 Å². The molecule has 2 aromatic carbocycles. The zero-order chi connectivity index (χ0) is 21.1. The topological polar surface area (TPSA) is 61.4 Å². The highest BCUT2D eigenvalue weighted by Crippen LogP contribution is 2.30. The van der Waals surface area contributed by atoms with Crippen molar-refractivity contribution in [2.75, 3.05) is 30.4 Å². The standard InChI is InChI=1S/C23H24BrN5O/c1-3-28(2)22-17-15-29(23(30)26-20-12-8-7-11-18(20)24)14-13-19(17)25-21(27-22)16-9-5-4-6-10-16/h4-12H,3,13-15H2,1-2H3,(H,26,30). The summed E-state index contributed by atoms with van der Waals surface area (Å²) in [5, 5.41) is 3.00. The van der Waals surface area contributed by atoms with Crippen molar-refractivity contribution in [2.24, 2.45) is 0 Å². The Morgan fingerprint density at radius 3 is 2.60 bits per heavy atom. The molecule has 0 spiro atoms. The molecule has 2 amide bonds. The summed E-state index contributed by atoms with van der Waals surface area (Å²) >= 11 is 3.48. The third kappa shape index (κ3) is 4.16. The number of carbonyl (C=O) groups is 1. The first-order chi connectivity index (χ1) is 14.6. The number of hydrogen-bond acceptors (Lipinski definition) is 4. The number of hydrogen-bond donors (Lipinski definition) is 1. The Morgan fingerprint density at radius 1 is 1.13 bits per heavy atom. The second-order valence-corrected chi connectivity index (χ2v) is 8.11. The van der Waals surface area contributed by atoms with Crippen molar-refractivity contribution < 1.29 is 4.79 Å². The maximum absolute atomic E-state index is 12.9. The molecule has 154 valence electrons. The van der Waals surface area contributed by atoms with Crippen LogP contribution in [0.4, 0.5) is 16.3 Å². The van der Waals surface area contributed by atoms with Crippen molar-refractivity contribution in [1.82, 2.24) is 14.9 Å². The van der Waals surface area contributed by atoms with E-state index in [9.17, 15) is 4.79 Å². The van der Waals surface area contributed by atoms with Crippen molar-refractivity contribution >= 4 is 33.5 Å². The lowest BCUT2D eigenvalue weighted by Crippen LogP contribution is -2.40. The number of nitrogens with one attached hydrogen (secondary N) is 1. The first kappa shape index (κ1) is 20.3. The van der Waals surface area contributed by atoms with Crippen LogP contribution in [0.1, 0.15) is 18.2 Å². The summed E-state index contributed by atoms with van der Waals surface area (Å²) in [6.07, 6.45) is 0.700. The van der Waals surface area contributed by atoms with Crippen LogP contribution < -0.4 is 10.2 Å². The minimum atomic E-state index is -0.121. The summed E-state index contributed by atoms with van der Waals surface area (Å²) in [5.41, 5.74) is 3.80. The summed E-state index contributed by atoms with van der Waals surface area (Å²) in [4.78, 5) is 26.6. The Balaban J connectivity index is 1.64. The molecule has 0 fully saturated rings. The molecule has 0 radical (unpaired) electrons. The van der Waals surface area contributed by atoms with E-state index < -0.39 is 0 Å². The van der Waals surface area contributed by atoms with Crippen LogP contribution in [0.2, 0.25) is 0 Å². The van der Waals surface area contributed by atoms with E-state index in [1.54, 1.807) is 0 Å². The number of rotatable bonds is 4. The lowest BCUT2D eigenvalue weighted by atomic mass is 10.0. The van der Waals surface area contributed by atoms with E-state index in [-0.39, 0.29) is 6.03 Å². The maximum Gasteiger partial charge on any atom is 0.322 e. The van der Waals surface area contributed by atoms with Gasteiger partial charge in [0, 0.05) is 42.2 Å². The molecule has 1 aliphatic heterocycles. The van der Waals surface area contributed by atoms with Crippen molar-refractivity contribution in [3.8, 4) is 11.4 Å². The number of anilines is 2. The number of benzene rings is 2. The van der Waals surface area contributed by atoms with E-state index in [1.807, 2.05) is 66.5 Å². The fourth-order valence-electron chi connectivity index (χ4n) is 3.51. The highest BCUT2D eigenvalue weighted by atomic mass is 79.9. The quantitative estimate of drug-likeness (QED) is 0.591. The third-order valence-electron chi connectivity index (χ3n) is 5.31. The lowest BCUT2D eigenvalue weighted by Gasteiger charge is -2.31. The van der Waals surface area contributed by atoms with Crippen LogP contribution in [-0.4, -0.2) is 41.0 Å². The molecule has 0 atom stereocenters. The lowest BCUT2D eigenvalue weighted by molar-refractivity contribution is 0.206. The predicted molar refractivity (Wildman–Crippen MR) is 124 cm³/mol. The molecule has 3 aromatic rings. The number of carbonyl (C=O) groups excluding carboxylic acids is 1. The second-order valence-electron chi connectivity index (χ2n) is 7.26. The number of urea groups is 1. The van der Waals surface area contributed by atoms with E-state index in [0.717, 1.165) is 45.2 Å². The molecule has 7 heteroatoms. The highest BCUT2D eigenvalue weighted by molar-refractivity contribution is 9.10. The van der Waals surface area contributed by atoms with Crippen LogP contribution in [0.25, 0.3) is 11.4 Å². The van der Waals surface area contributed by atoms with Gasteiger partial charge in [-0.05, 0) is 35.0 Å². The van der Waals surface area contributed by atoms with Crippen LogP contribution in [0.15, 0.2) is 59.1 Å². The van der Waals surface area contributed by atoms with Gasteiger partial charge < -0.3 is 15.1 Å². The summed E-state index contributed by atoms with van der Waals surface area (Å²) in [6.45, 7) is 4.02. The van der Waals surface area contributed by atoms with Gasteiger partial charge in [0.05, 0.1) is 17.9 Å². The molecule has 6 nitrogen and oxygen atoms in total. The molecule has 4 rings (SSSR count). The molecule has 0 aliphatic carbocycles. The number of fused-ring (bicyclic) bond motifs is 1. The van der Waals surface area contributed by atoms with E-state index in [2.05, 4.69) is 33.1 Å². The van der Waals surface area contributed by atoms with Crippen molar-refractivity contribution in [2.45, 2.75) is 19.9 Å². The van der Waals surface area contributed by atoms with Gasteiger partial charge in [-0.2, -0.15) is 0 Å². The number of nitrogens with zero attached hydrogens (tertiary/aromatic N) is 4. The molecule has 0 bridgehead atoms. The first-order valence-corrected chi connectivity index (χ1v) is 10.8. The smallest absolute Gasteiger partial charge is 0.322 e. The van der Waals surface area contributed by atoms with Gasteiger partial charge in [0.25, 0.3) is 0 Å². The fourth-order valence-corrected chi connectivity index (χ4v) is 3.89. The number of aromatic nitrogens is 2. The molecular weight excluding hydrogens is 442 g/mol. The fraction of sp³-hybridized carbons (Fsp3) is 0.261. The summed E-state index contributed by atoms with van der Waals surface area (Å²) < 4.78 is 0.859. The second kappa shape index (κ2) is 8.83. The monoisotopic (exact) mass is 465 g/mol. The van der Waals surface area contributed by atoms with Gasteiger partial charge >= 0.3 is 6.03 Å². The summed E-state index contributed by atoms with van der Waals surface area (Å²) in [6, 6.07) is 17.5. The number of amides is 2. The molecular formula is C23H24BrN5O. The average Bonchev–Trinajstić information content (AvgIpc) is 2.79. The van der Waals surface area contributed by atoms with Gasteiger partial charge in [0.2, 0.25) is 0 Å². The normalized spacial score (nSPS) is 13.0. The first-order valence-electron chi connectivity index (χ1n) is 10.0. The van der Waals surface area contributed by atoms with Crippen LogP contribution in [0.3, 0.4) is 0 Å². The van der Waals surface area contributed by atoms with Crippen LogP contribution in [0, 0.1) is 0 Å². The van der Waals surface area contributed by atoms with Gasteiger partial charge in [0.1, 0.15) is 5.82 Å². The maximum atomic E-state index is 12.9. The Labute approximate surface area is 185 Å².